The molecule has 0 saturated carbocycles. The Morgan fingerprint density at radius 3 is 2.62 bits per heavy atom. The number of fused-ring (bicyclic) bond motifs is 9. The van der Waals surface area contributed by atoms with Crippen molar-refractivity contribution in [3.8, 4) is 34.5 Å². The van der Waals surface area contributed by atoms with Gasteiger partial charge in [-0.1, -0.05) is 32.1 Å². The van der Waals surface area contributed by atoms with E-state index in [4.69, 9.17) is 53.8 Å². The highest BCUT2D eigenvalue weighted by atomic mass is 17.2. The zero-order chi connectivity index (χ0) is 39.2. The van der Waals surface area contributed by atoms with E-state index < -0.39 is 61.8 Å². The highest BCUT2D eigenvalue weighted by Crippen LogP contribution is 2.58. The van der Waals surface area contributed by atoms with Crippen LogP contribution >= 0.6 is 0 Å². The summed E-state index contributed by atoms with van der Waals surface area (Å²) in [7, 11) is 0. The van der Waals surface area contributed by atoms with E-state index in [0.717, 1.165) is 33.6 Å². The summed E-state index contributed by atoms with van der Waals surface area (Å²) in [5, 5.41) is 41.5. The number of carboxylic acid groups (broad SMARTS) is 1. The van der Waals surface area contributed by atoms with E-state index in [9.17, 15) is 24.9 Å². The first-order valence-corrected chi connectivity index (χ1v) is 18.5. The van der Waals surface area contributed by atoms with Gasteiger partial charge in [0.2, 0.25) is 6.79 Å². The zero-order valence-electron chi connectivity index (χ0n) is 30.7. The third kappa shape index (κ3) is 7.08. The van der Waals surface area contributed by atoms with Gasteiger partial charge >= 0.3 is 11.9 Å². The van der Waals surface area contributed by atoms with Crippen LogP contribution in [0.3, 0.4) is 0 Å². The molecule has 8 rings (SSSR count). The zero-order valence-corrected chi connectivity index (χ0v) is 30.7. The Labute approximate surface area is 321 Å². The lowest BCUT2D eigenvalue weighted by Gasteiger charge is -2.41. The Bertz CT molecular complexity index is 2050. The van der Waals surface area contributed by atoms with E-state index in [1.165, 1.54) is 0 Å². The van der Waals surface area contributed by atoms with Crippen LogP contribution in [0, 0.1) is 5.92 Å². The van der Waals surface area contributed by atoms with Crippen LogP contribution in [0.4, 0.5) is 0 Å². The summed E-state index contributed by atoms with van der Waals surface area (Å²) in [4.78, 5) is 34.8. The van der Waals surface area contributed by atoms with Gasteiger partial charge in [0.25, 0.3) is 0 Å². The molecule has 7 unspecified atom stereocenters. The molecule has 0 amide bonds. The number of phenolic OH excluding ortho intramolecular Hbond substituents is 1. The van der Waals surface area contributed by atoms with E-state index in [1.54, 1.807) is 18.2 Å². The fourth-order valence-electron chi connectivity index (χ4n) is 7.85. The standard InChI is InChI=1S/C40H43NO15/c1-18(2)9-25-36-24(12-29-38(25)52-17-51-29)27-15-50-35-23-11-20-3-5-21(42)10-19(20)4-6-22(23)28(13-26(35)37(27)54-36)55-56-39-34(47)33(46)30(53-40(39)48-8-7-41)16-49-32(45)14-31(43)44/h3-6,10,12-13,18,27,30,33-34,37,39-40,42,46-47H,7-9,11,14-17,41H2,1-2H3,(H,43,44). The molecule has 1 aliphatic carbocycles. The van der Waals surface area contributed by atoms with Gasteiger partial charge in [0, 0.05) is 40.8 Å². The summed E-state index contributed by atoms with van der Waals surface area (Å²) in [5.41, 5.74) is 11.4. The minimum absolute atomic E-state index is 0.0302. The Morgan fingerprint density at radius 2 is 1.84 bits per heavy atom. The van der Waals surface area contributed by atoms with Crippen LogP contribution < -0.4 is 29.6 Å². The summed E-state index contributed by atoms with van der Waals surface area (Å²) in [6, 6.07) is 8.87. The van der Waals surface area contributed by atoms with Crippen LogP contribution in [0.2, 0.25) is 0 Å². The first-order valence-electron chi connectivity index (χ1n) is 18.5. The van der Waals surface area contributed by atoms with Crippen LogP contribution in [0.1, 0.15) is 71.2 Å². The smallest absolute Gasteiger partial charge is 0.317 e. The number of carbonyl (C=O) groups is 2. The Morgan fingerprint density at radius 1 is 1.00 bits per heavy atom. The predicted molar refractivity (Wildman–Crippen MR) is 193 cm³/mol. The van der Waals surface area contributed by atoms with Crippen LogP contribution in [-0.4, -0.2) is 96.2 Å². The van der Waals surface area contributed by atoms with Crippen molar-refractivity contribution in [3.63, 3.8) is 0 Å². The molecule has 1 saturated heterocycles. The van der Waals surface area contributed by atoms with Crippen molar-refractivity contribution in [2.75, 3.05) is 33.2 Å². The van der Waals surface area contributed by atoms with Crippen LogP contribution in [0.25, 0.3) is 12.2 Å². The van der Waals surface area contributed by atoms with Crippen molar-refractivity contribution >= 4 is 24.1 Å². The Balaban J connectivity index is 1.13. The van der Waals surface area contributed by atoms with Crippen LogP contribution in [0.15, 0.2) is 30.3 Å². The molecule has 0 spiro atoms. The number of ether oxygens (including phenoxy) is 7. The summed E-state index contributed by atoms with van der Waals surface area (Å²) < 4.78 is 41.8. The molecule has 6 N–H and O–H groups in total. The molecule has 16 heteroatoms. The van der Waals surface area contributed by atoms with Gasteiger partial charge in [0.05, 0.1) is 19.1 Å². The van der Waals surface area contributed by atoms with Gasteiger partial charge in [-0.2, -0.15) is 4.89 Å². The highest BCUT2D eigenvalue weighted by molar-refractivity contribution is 5.90. The van der Waals surface area contributed by atoms with Gasteiger partial charge in [0.15, 0.2) is 29.6 Å². The van der Waals surface area contributed by atoms with Crippen molar-refractivity contribution in [1.82, 2.24) is 0 Å². The quantitative estimate of drug-likeness (QED) is 0.0603. The normalized spacial score (nSPS) is 25.1. The molecule has 0 aromatic heterocycles. The first-order chi connectivity index (χ1) is 27.0. The number of hydrogen-bond donors (Lipinski definition) is 5. The minimum Gasteiger partial charge on any atom is -0.508 e. The lowest BCUT2D eigenvalue weighted by molar-refractivity contribution is -0.372. The molecule has 4 aliphatic heterocycles. The van der Waals surface area contributed by atoms with E-state index >= 15 is 0 Å². The topological polar surface area (TPSA) is 224 Å². The number of esters is 1. The van der Waals surface area contributed by atoms with Crippen molar-refractivity contribution in [2.24, 2.45) is 11.7 Å². The molecule has 0 radical (unpaired) electrons. The van der Waals surface area contributed by atoms with Crippen LogP contribution in [0.5, 0.6) is 34.5 Å². The molecule has 3 aromatic carbocycles. The second kappa shape index (κ2) is 15.4. The lowest BCUT2D eigenvalue weighted by Crippen LogP contribution is -2.60. The molecule has 0 bridgehead atoms. The Hall–Kier alpha value is -5.10. The average Bonchev–Trinajstić information content (AvgIpc) is 3.74. The van der Waals surface area contributed by atoms with Gasteiger partial charge in [-0.15, -0.1) is 0 Å². The number of benzene rings is 3. The van der Waals surface area contributed by atoms with Crippen molar-refractivity contribution < 1.29 is 72.9 Å². The minimum atomic E-state index is -1.68. The number of rotatable bonds is 12. The molecular formula is C40H43NO15. The Kier molecular flexibility index (Phi) is 10.4. The molecule has 298 valence electrons. The maximum Gasteiger partial charge on any atom is 0.317 e. The molecule has 3 aromatic rings. The van der Waals surface area contributed by atoms with Gasteiger partial charge in [-0.05, 0) is 47.7 Å². The summed E-state index contributed by atoms with van der Waals surface area (Å²) >= 11 is 0. The molecule has 56 heavy (non-hydrogen) atoms. The SMILES string of the molecule is CC(C)Cc1c2c(cc3c1OC1c4cc(OOC5C(OCCN)OC(COC(=O)CC(=O)O)C(O)C5O)c5c(c4OCC31)Cc1ccc(O)cc1C=C5)OCO2. The monoisotopic (exact) mass is 777 g/mol. The number of nitrogens with two attached hydrogens (primary N) is 1. The molecule has 16 nitrogen and oxygen atoms in total. The maximum atomic E-state index is 11.9. The number of aliphatic hydroxyl groups is 2. The van der Waals surface area contributed by atoms with E-state index in [1.807, 2.05) is 24.3 Å². The van der Waals surface area contributed by atoms with Gasteiger partial charge in [0.1, 0.15) is 54.7 Å². The second-order valence-electron chi connectivity index (χ2n) is 14.7. The number of aliphatic hydroxyl groups excluding tert-OH is 2. The fourth-order valence-corrected chi connectivity index (χ4v) is 7.85. The largest absolute Gasteiger partial charge is 0.508 e. The third-order valence-corrected chi connectivity index (χ3v) is 10.4. The average molecular weight is 778 g/mol. The summed E-state index contributed by atoms with van der Waals surface area (Å²) in [5.74, 6) is 0.725. The van der Waals surface area contributed by atoms with Crippen molar-refractivity contribution in [2.45, 2.75) is 75.8 Å². The number of aromatic hydroxyl groups is 1. The van der Waals surface area contributed by atoms with Crippen molar-refractivity contribution in [1.29, 1.82) is 0 Å². The molecule has 5 aliphatic rings. The fraction of sp³-hybridized carbons (Fsp3) is 0.450. The lowest BCUT2D eigenvalue weighted by atomic mass is 9.85. The molecule has 4 heterocycles. The predicted octanol–water partition coefficient (Wildman–Crippen LogP) is 3.12. The number of aliphatic carboxylic acids is 1. The maximum absolute atomic E-state index is 11.9. The number of phenols is 1. The molecule has 1 fully saturated rings. The third-order valence-electron chi connectivity index (χ3n) is 10.4. The summed E-state index contributed by atoms with van der Waals surface area (Å²) in [6.07, 6.45) is -4.03. The molecule has 7 atom stereocenters. The van der Waals surface area contributed by atoms with E-state index in [2.05, 4.69) is 13.8 Å². The summed E-state index contributed by atoms with van der Waals surface area (Å²) in [6.45, 7) is 4.20. The number of hydrogen-bond acceptors (Lipinski definition) is 15. The van der Waals surface area contributed by atoms with E-state index in [-0.39, 0.29) is 37.4 Å². The first kappa shape index (κ1) is 37.8. The number of carboxylic acids is 1. The van der Waals surface area contributed by atoms with Gasteiger partial charge in [-0.3, -0.25) is 9.59 Å². The van der Waals surface area contributed by atoms with Gasteiger partial charge in [-0.25, -0.2) is 0 Å². The second-order valence-corrected chi connectivity index (χ2v) is 14.7. The van der Waals surface area contributed by atoms with Gasteiger partial charge < -0.3 is 64.2 Å². The molecular weight excluding hydrogens is 734 g/mol. The van der Waals surface area contributed by atoms with Crippen LogP contribution in [-0.2, 0) is 41.5 Å². The van der Waals surface area contributed by atoms with E-state index in [0.29, 0.717) is 53.7 Å². The van der Waals surface area contributed by atoms with Crippen molar-refractivity contribution in [3.05, 3.63) is 69.3 Å². The highest BCUT2D eigenvalue weighted by Gasteiger charge is 2.49. The number of carbonyl (C=O) groups excluding carboxylic acids is 1.